The maximum absolute atomic E-state index is 12.1. The molecule has 0 radical (unpaired) electrons. The van der Waals surface area contributed by atoms with Gasteiger partial charge in [0.05, 0.1) is 0 Å². The third-order valence-electron chi connectivity index (χ3n) is 4.46. The quantitative estimate of drug-likeness (QED) is 0.554. The van der Waals surface area contributed by atoms with Crippen molar-refractivity contribution in [2.75, 3.05) is 37.7 Å². The summed E-state index contributed by atoms with van der Waals surface area (Å²) < 4.78 is 0. The average molecular weight is 358 g/mol. The molecule has 0 spiro atoms. The second kappa shape index (κ2) is 16.2. The van der Waals surface area contributed by atoms with E-state index in [0.717, 1.165) is 51.2 Å². The van der Waals surface area contributed by atoms with E-state index >= 15 is 0 Å². The molecule has 1 saturated heterocycles. The fourth-order valence-corrected chi connectivity index (χ4v) is 4.04. The van der Waals surface area contributed by atoms with Crippen LogP contribution in [0.2, 0.25) is 0 Å². The molecule has 0 aromatic rings. The normalized spacial score (nSPS) is 21.4. The number of rotatable bonds is 9. The van der Waals surface area contributed by atoms with Crippen LogP contribution in [0.15, 0.2) is 0 Å². The molecule has 1 fully saturated rings. The van der Waals surface area contributed by atoms with E-state index in [2.05, 4.69) is 22.9 Å². The van der Waals surface area contributed by atoms with Crippen LogP contribution in [-0.2, 0) is 4.79 Å². The lowest BCUT2D eigenvalue weighted by atomic mass is 10.1. The molecule has 0 aromatic heterocycles. The lowest BCUT2D eigenvalue weighted by molar-refractivity contribution is -0.121. The summed E-state index contributed by atoms with van der Waals surface area (Å²) in [5.74, 6) is 2.49. The van der Waals surface area contributed by atoms with E-state index in [1.165, 1.54) is 44.3 Å². The van der Waals surface area contributed by atoms with Crippen molar-refractivity contribution in [3.8, 4) is 0 Å². The van der Waals surface area contributed by atoms with Gasteiger partial charge in [0.2, 0.25) is 5.91 Å². The number of carbonyl (C=O) groups is 1. The van der Waals surface area contributed by atoms with Crippen LogP contribution in [0.5, 0.6) is 0 Å². The molecule has 24 heavy (non-hydrogen) atoms. The van der Waals surface area contributed by atoms with Gasteiger partial charge in [-0.15, -0.1) is 0 Å². The molecule has 1 aliphatic rings. The van der Waals surface area contributed by atoms with Crippen molar-refractivity contribution in [3.63, 3.8) is 0 Å². The predicted molar refractivity (Wildman–Crippen MR) is 107 cm³/mol. The summed E-state index contributed by atoms with van der Waals surface area (Å²) in [6.07, 6.45) is 12.1. The van der Waals surface area contributed by atoms with Crippen LogP contribution in [-0.4, -0.2) is 49.6 Å². The van der Waals surface area contributed by atoms with Crippen molar-refractivity contribution in [1.82, 2.24) is 16.0 Å². The van der Waals surface area contributed by atoms with E-state index in [9.17, 15) is 4.79 Å². The number of hydrogen-bond acceptors (Lipinski definition) is 4. The van der Waals surface area contributed by atoms with E-state index in [1.807, 2.05) is 11.8 Å². The summed E-state index contributed by atoms with van der Waals surface area (Å²) in [5, 5.41) is 10.1. The smallest absolute Gasteiger partial charge is 0.221 e. The highest BCUT2D eigenvalue weighted by Crippen LogP contribution is 2.12. The molecule has 1 aliphatic heterocycles. The van der Waals surface area contributed by atoms with E-state index in [1.54, 1.807) is 0 Å². The van der Waals surface area contributed by atoms with E-state index < -0.39 is 0 Å². The first-order chi connectivity index (χ1) is 11.8. The number of unbranched alkanes of at least 4 members (excludes halogenated alkanes) is 5. The van der Waals surface area contributed by atoms with Gasteiger partial charge in [0.1, 0.15) is 0 Å². The van der Waals surface area contributed by atoms with E-state index in [-0.39, 0.29) is 5.91 Å². The summed E-state index contributed by atoms with van der Waals surface area (Å²) in [4.78, 5) is 12.1. The van der Waals surface area contributed by atoms with Crippen molar-refractivity contribution < 1.29 is 4.79 Å². The van der Waals surface area contributed by atoms with Crippen molar-refractivity contribution >= 4 is 17.7 Å². The average Bonchev–Trinajstić information content (AvgIpc) is 2.59. The molecule has 1 amide bonds. The van der Waals surface area contributed by atoms with Crippen LogP contribution in [0.25, 0.3) is 0 Å². The van der Waals surface area contributed by atoms with Gasteiger partial charge >= 0.3 is 0 Å². The Bertz CT molecular complexity index is 302. The van der Waals surface area contributed by atoms with Crippen LogP contribution in [0.1, 0.15) is 71.1 Å². The highest BCUT2D eigenvalue weighted by Gasteiger charge is 2.13. The second-order valence-corrected chi connectivity index (χ2v) is 8.01. The van der Waals surface area contributed by atoms with Gasteiger partial charge in [-0.2, -0.15) is 11.8 Å². The molecular formula is C19H39N3OS. The minimum absolute atomic E-state index is 0.208. The zero-order valence-corrected chi connectivity index (χ0v) is 16.5. The van der Waals surface area contributed by atoms with Crippen LogP contribution in [0.3, 0.4) is 0 Å². The summed E-state index contributed by atoms with van der Waals surface area (Å²) in [6, 6.07) is 0.316. The molecule has 5 heteroatoms. The number of hydrogen-bond donors (Lipinski definition) is 3. The first-order valence-corrected chi connectivity index (χ1v) is 11.3. The first-order valence-electron chi connectivity index (χ1n) is 10.1. The zero-order valence-electron chi connectivity index (χ0n) is 15.7. The lowest BCUT2D eigenvalue weighted by Crippen LogP contribution is -2.38. The Hall–Kier alpha value is -0.260. The predicted octanol–water partition coefficient (Wildman–Crippen LogP) is 3.32. The molecule has 0 aliphatic carbocycles. The van der Waals surface area contributed by atoms with Gasteiger partial charge in [-0.1, -0.05) is 39.0 Å². The topological polar surface area (TPSA) is 53.2 Å². The van der Waals surface area contributed by atoms with E-state index in [0.29, 0.717) is 12.5 Å². The highest BCUT2D eigenvalue weighted by atomic mass is 32.2. The van der Waals surface area contributed by atoms with Gasteiger partial charge in [0, 0.05) is 24.8 Å². The largest absolute Gasteiger partial charge is 0.356 e. The van der Waals surface area contributed by atoms with Crippen LogP contribution >= 0.6 is 11.8 Å². The Morgan fingerprint density at radius 2 is 1.71 bits per heavy atom. The Morgan fingerprint density at radius 3 is 2.58 bits per heavy atom. The van der Waals surface area contributed by atoms with Gasteiger partial charge < -0.3 is 16.0 Å². The number of amides is 1. The van der Waals surface area contributed by atoms with Crippen molar-refractivity contribution in [2.24, 2.45) is 0 Å². The maximum Gasteiger partial charge on any atom is 0.221 e. The minimum Gasteiger partial charge on any atom is -0.356 e. The SMILES string of the molecule is CCCCCCCCSCC1CC(=O)NCCCCNCCCN1. The number of nitrogens with one attached hydrogen (secondary N) is 3. The molecule has 0 bridgehead atoms. The molecule has 1 rings (SSSR count). The van der Waals surface area contributed by atoms with Crippen molar-refractivity contribution in [1.29, 1.82) is 0 Å². The Balaban J connectivity index is 2.16. The lowest BCUT2D eigenvalue weighted by Gasteiger charge is -2.18. The summed E-state index contributed by atoms with van der Waals surface area (Å²) >= 11 is 2.01. The third-order valence-corrected chi connectivity index (χ3v) is 5.67. The minimum atomic E-state index is 0.208. The fraction of sp³-hybridized carbons (Fsp3) is 0.947. The van der Waals surface area contributed by atoms with Crippen LogP contribution < -0.4 is 16.0 Å². The fourth-order valence-electron chi connectivity index (χ4n) is 2.94. The molecular weight excluding hydrogens is 318 g/mol. The Morgan fingerprint density at radius 1 is 0.958 bits per heavy atom. The van der Waals surface area contributed by atoms with Gasteiger partial charge in [-0.25, -0.2) is 0 Å². The molecule has 1 unspecified atom stereocenters. The molecule has 0 aromatic carbocycles. The van der Waals surface area contributed by atoms with Gasteiger partial charge in [0.15, 0.2) is 0 Å². The number of thioether (sulfide) groups is 1. The van der Waals surface area contributed by atoms with Crippen LogP contribution in [0, 0.1) is 0 Å². The highest BCUT2D eigenvalue weighted by molar-refractivity contribution is 7.99. The number of carbonyl (C=O) groups excluding carboxylic acids is 1. The molecule has 4 nitrogen and oxygen atoms in total. The molecule has 0 saturated carbocycles. The van der Waals surface area contributed by atoms with Gasteiger partial charge in [0.25, 0.3) is 0 Å². The summed E-state index contributed by atoms with van der Waals surface area (Å²) in [6.45, 7) is 6.22. The molecule has 1 atom stereocenters. The Kier molecular flexibility index (Phi) is 14.7. The monoisotopic (exact) mass is 357 g/mol. The maximum atomic E-state index is 12.1. The third kappa shape index (κ3) is 13.1. The second-order valence-electron chi connectivity index (χ2n) is 6.86. The summed E-state index contributed by atoms with van der Waals surface area (Å²) in [5.41, 5.74) is 0. The van der Waals surface area contributed by atoms with E-state index in [4.69, 9.17) is 0 Å². The van der Waals surface area contributed by atoms with Gasteiger partial charge in [-0.05, 0) is 51.1 Å². The molecule has 142 valence electrons. The zero-order chi connectivity index (χ0) is 17.3. The molecule has 1 heterocycles. The standard InChI is InChI=1S/C19H39N3OS/c1-2-3-4-5-6-9-15-24-17-18-16-19(23)22-13-8-7-11-20-12-10-14-21-18/h18,20-21H,2-17H2,1H3,(H,22,23). The molecule has 3 N–H and O–H groups in total. The Labute approximate surface area is 153 Å². The van der Waals surface area contributed by atoms with Crippen LogP contribution in [0.4, 0.5) is 0 Å². The first kappa shape index (κ1) is 21.8. The van der Waals surface area contributed by atoms with Gasteiger partial charge in [-0.3, -0.25) is 4.79 Å². The van der Waals surface area contributed by atoms with Crippen molar-refractivity contribution in [3.05, 3.63) is 0 Å². The summed E-state index contributed by atoms with van der Waals surface area (Å²) in [7, 11) is 0. The van der Waals surface area contributed by atoms with Crippen molar-refractivity contribution in [2.45, 2.75) is 77.2 Å².